The SMILES string of the molecule is Cn1cc(CN2CCc3cc(S(=O)(=O)NC4CC=C(CCCC5CCCC5)C=C4F)ccc3C2)cn1. The largest absolute Gasteiger partial charge is 0.294 e. The molecule has 6 nitrogen and oxygen atoms in total. The third-order valence-electron chi connectivity index (χ3n) is 7.87. The molecule has 1 unspecified atom stereocenters. The predicted molar refractivity (Wildman–Crippen MR) is 139 cm³/mol. The van der Waals surface area contributed by atoms with Gasteiger partial charge in [0, 0.05) is 38.4 Å². The van der Waals surface area contributed by atoms with Gasteiger partial charge in [0.25, 0.3) is 0 Å². The fraction of sp³-hybridized carbons (Fsp3) is 0.536. The van der Waals surface area contributed by atoms with Crippen LogP contribution in [0.3, 0.4) is 0 Å². The zero-order chi connectivity index (χ0) is 25.1. The van der Waals surface area contributed by atoms with E-state index in [4.69, 9.17) is 0 Å². The highest BCUT2D eigenvalue weighted by atomic mass is 32.2. The van der Waals surface area contributed by atoms with Crippen molar-refractivity contribution in [2.24, 2.45) is 13.0 Å². The first kappa shape index (κ1) is 25.4. The Morgan fingerprint density at radius 2 is 2.03 bits per heavy atom. The molecule has 0 saturated heterocycles. The van der Waals surface area contributed by atoms with E-state index in [1.54, 1.807) is 16.8 Å². The van der Waals surface area contributed by atoms with Gasteiger partial charge in [-0.05, 0) is 66.5 Å². The van der Waals surface area contributed by atoms with E-state index in [2.05, 4.69) is 14.7 Å². The molecule has 1 atom stereocenters. The van der Waals surface area contributed by atoms with Gasteiger partial charge in [-0.3, -0.25) is 9.58 Å². The van der Waals surface area contributed by atoms with Crippen molar-refractivity contribution < 1.29 is 12.8 Å². The number of hydrogen-bond acceptors (Lipinski definition) is 4. The first-order chi connectivity index (χ1) is 17.4. The van der Waals surface area contributed by atoms with Crippen LogP contribution in [-0.2, 0) is 36.6 Å². The number of benzene rings is 1. The maximum atomic E-state index is 14.9. The number of halogens is 1. The monoisotopic (exact) mass is 512 g/mol. The third kappa shape index (κ3) is 6.15. The summed E-state index contributed by atoms with van der Waals surface area (Å²) in [6.45, 7) is 2.44. The molecule has 1 aromatic carbocycles. The van der Waals surface area contributed by atoms with Crippen molar-refractivity contribution in [1.29, 1.82) is 0 Å². The summed E-state index contributed by atoms with van der Waals surface area (Å²) in [6.07, 6.45) is 17.1. The molecule has 2 heterocycles. The number of rotatable bonds is 9. The lowest BCUT2D eigenvalue weighted by Gasteiger charge is -2.29. The summed E-state index contributed by atoms with van der Waals surface area (Å²) in [4.78, 5) is 2.55. The van der Waals surface area contributed by atoms with E-state index in [0.29, 0.717) is 6.42 Å². The van der Waals surface area contributed by atoms with E-state index in [9.17, 15) is 12.8 Å². The second-order valence-corrected chi connectivity index (χ2v) is 12.4. The number of allylic oxidation sites excluding steroid dienone is 2. The van der Waals surface area contributed by atoms with Crippen LogP contribution in [-0.4, -0.2) is 35.7 Å². The maximum absolute atomic E-state index is 14.9. The lowest BCUT2D eigenvalue weighted by Crippen LogP contribution is -2.36. The van der Waals surface area contributed by atoms with Gasteiger partial charge in [0.2, 0.25) is 10.0 Å². The second-order valence-electron chi connectivity index (χ2n) is 10.7. The Morgan fingerprint density at radius 1 is 1.19 bits per heavy atom. The molecular formula is C28H37FN4O2S. The van der Waals surface area contributed by atoms with Crippen LogP contribution in [0.2, 0.25) is 0 Å². The molecule has 194 valence electrons. The van der Waals surface area contributed by atoms with Gasteiger partial charge in [0.1, 0.15) is 5.83 Å². The van der Waals surface area contributed by atoms with Crippen LogP contribution in [0.1, 0.15) is 68.1 Å². The smallest absolute Gasteiger partial charge is 0.241 e. The van der Waals surface area contributed by atoms with Crippen molar-refractivity contribution in [2.75, 3.05) is 6.54 Å². The molecule has 3 aliphatic rings. The molecule has 8 heteroatoms. The molecule has 2 aromatic rings. The molecule has 0 bridgehead atoms. The summed E-state index contributed by atoms with van der Waals surface area (Å²) in [6, 6.07) is 4.46. The number of aromatic nitrogens is 2. The first-order valence-corrected chi connectivity index (χ1v) is 14.7. The summed E-state index contributed by atoms with van der Waals surface area (Å²) in [5.74, 6) is 0.448. The molecule has 1 aromatic heterocycles. The van der Waals surface area contributed by atoms with Crippen LogP contribution < -0.4 is 4.72 Å². The van der Waals surface area contributed by atoms with Crippen molar-refractivity contribution >= 4 is 10.0 Å². The highest BCUT2D eigenvalue weighted by molar-refractivity contribution is 7.89. The quantitative estimate of drug-likeness (QED) is 0.503. The van der Waals surface area contributed by atoms with Gasteiger partial charge in [-0.2, -0.15) is 5.10 Å². The average Bonchev–Trinajstić information content (AvgIpc) is 3.52. The minimum absolute atomic E-state index is 0.209. The van der Waals surface area contributed by atoms with Crippen LogP contribution >= 0.6 is 0 Å². The number of nitrogens with zero attached hydrogens (tertiary/aromatic N) is 3. The maximum Gasteiger partial charge on any atom is 0.241 e. The van der Waals surface area contributed by atoms with Crippen molar-refractivity contribution in [2.45, 2.75) is 81.8 Å². The highest BCUT2D eigenvalue weighted by Crippen LogP contribution is 2.31. The Balaban J connectivity index is 1.16. The van der Waals surface area contributed by atoms with Gasteiger partial charge in [-0.1, -0.05) is 44.2 Å². The number of aryl methyl sites for hydroxylation is 1. The normalized spacial score (nSPS) is 21.3. The van der Waals surface area contributed by atoms with Gasteiger partial charge in [0.15, 0.2) is 0 Å². The van der Waals surface area contributed by atoms with E-state index in [0.717, 1.165) is 67.1 Å². The molecule has 0 radical (unpaired) electrons. The van der Waals surface area contributed by atoms with Crippen LogP contribution in [0, 0.1) is 5.92 Å². The Bertz CT molecular complexity index is 1240. The molecule has 2 aliphatic carbocycles. The van der Waals surface area contributed by atoms with Crippen molar-refractivity contribution in [1.82, 2.24) is 19.4 Å². The summed E-state index contributed by atoms with van der Waals surface area (Å²) in [5.41, 5.74) is 4.34. The van der Waals surface area contributed by atoms with Crippen LogP contribution in [0.15, 0.2) is 59.0 Å². The third-order valence-corrected chi connectivity index (χ3v) is 9.34. The Hall–Kier alpha value is -2.29. The lowest BCUT2D eigenvalue weighted by molar-refractivity contribution is 0.245. The molecule has 36 heavy (non-hydrogen) atoms. The van der Waals surface area contributed by atoms with E-state index in [1.165, 1.54) is 38.2 Å². The van der Waals surface area contributed by atoms with Gasteiger partial charge < -0.3 is 0 Å². The summed E-state index contributed by atoms with van der Waals surface area (Å²) in [5, 5.41) is 4.23. The molecule has 0 spiro atoms. The average molecular weight is 513 g/mol. The molecule has 1 N–H and O–H groups in total. The van der Waals surface area contributed by atoms with Gasteiger partial charge in [-0.25, -0.2) is 17.5 Å². The molecule has 0 amide bonds. The van der Waals surface area contributed by atoms with Crippen molar-refractivity contribution in [3.8, 4) is 0 Å². The summed E-state index contributed by atoms with van der Waals surface area (Å²) < 4.78 is 45.4. The summed E-state index contributed by atoms with van der Waals surface area (Å²) in [7, 11) is -1.91. The van der Waals surface area contributed by atoms with Gasteiger partial charge in [-0.15, -0.1) is 0 Å². The molecular weight excluding hydrogens is 475 g/mol. The first-order valence-electron chi connectivity index (χ1n) is 13.3. The Morgan fingerprint density at radius 3 is 2.78 bits per heavy atom. The van der Waals surface area contributed by atoms with Crippen LogP contribution in [0.5, 0.6) is 0 Å². The highest BCUT2D eigenvalue weighted by Gasteiger charge is 2.27. The number of nitrogens with one attached hydrogen (secondary N) is 1. The number of fused-ring (bicyclic) bond motifs is 1. The van der Waals surface area contributed by atoms with Gasteiger partial charge in [0.05, 0.1) is 17.1 Å². The Kier molecular flexibility index (Phi) is 7.74. The van der Waals surface area contributed by atoms with Gasteiger partial charge >= 0.3 is 0 Å². The standard InChI is InChI=1S/C28H37FN4O2S/c1-32-18-23(17-30-32)19-33-14-13-24-16-26(11-10-25(24)20-33)36(34,35)31-28-12-9-22(15-27(28)29)8-4-7-21-5-2-3-6-21/h9-11,15-18,21,28,31H,2-8,12-14,19-20H2,1H3. The van der Waals surface area contributed by atoms with Crippen LogP contribution in [0.4, 0.5) is 4.39 Å². The number of sulfonamides is 1. The predicted octanol–water partition coefficient (Wildman–Crippen LogP) is 5.17. The van der Waals surface area contributed by atoms with E-state index in [1.807, 2.05) is 31.6 Å². The zero-order valence-electron chi connectivity index (χ0n) is 21.1. The van der Waals surface area contributed by atoms with Crippen LogP contribution in [0.25, 0.3) is 0 Å². The minimum atomic E-state index is -3.82. The zero-order valence-corrected chi connectivity index (χ0v) is 21.9. The Labute approximate surface area is 214 Å². The fourth-order valence-electron chi connectivity index (χ4n) is 5.85. The summed E-state index contributed by atoms with van der Waals surface area (Å²) >= 11 is 0. The second kappa shape index (κ2) is 11.0. The van der Waals surface area contributed by atoms with E-state index < -0.39 is 16.1 Å². The molecule has 5 rings (SSSR count). The number of hydrogen-bond donors (Lipinski definition) is 1. The molecule has 1 fully saturated rings. The van der Waals surface area contributed by atoms with Crippen molar-refractivity contribution in [3.63, 3.8) is 0 Å². The van der Waals surface area contributed by atoms with E-state index in [-0.39, 0.29) is 10.7 Å². The minimum Gasteiger partial charge on any atom is -0.294 e. The van der Waals surface area contributed by atoms with E-state index >= 15 is 0 Å². The lowest BCUT2D eigenvalue weighted by atomic mass is 9.95. The fourth-order valence-corrected chi connectivity index (χ4v) is 7.11. The topological polar surface area (TPSA) is 67.2 Å². The van der Waals surface area contributed by atoms with Crippen molar-refractivity contribution in [3.05, 3.63) is 70.8 Å². The molecule has 1 saturated carbocycles. The molecule has 1 aliphatic heterocycles.